The van der Waals surface area contributed by atoms with Crippen LogP contribution in [0.2, 0.25) is 0 Å². The minimum atomic E-state index is 0.146. The molecule has 1 unspecified atom stereocenters. The number of piperazine rings is 1. The van der Waals surface area contributed by atoms with E-state index in [0.717, 1.165) is 63.1 Å². The van der Waals surface area contributed by atoms with Crippen LogP contribution in [0.5, 0.6) is 0 Å². The first kappa shape index (κ1) is 19.5. The number of anilines is 1. The summed E-state index contributed by atoms with van der Waals surface area (Å²) in [5.74, 6) is 0.501. The van der Waals surface area contributed by atoms with Crippen molar-refractivity contribution in [3.63, 3.8) is 0 Å². The summed E-state index contributed by atoms with van der Waals surface area (Å²) >= 11 is 3.50. The van der Waals surface area contributed by atoms with Crippen molar-refractivity contribution in [1.82, 2.24) is 9.80 Å². The van der Waals surface area contributed by atoms with Gasteiger partial charge in [-0.2, -0.15) is 0 Å². The molecule has 0 bridgehead atoms. The number of nitrogens with zero attached hydrogens (tertiary/aromatic N) is 3. The van der Waals surface area contributed by atoms with Crippen LogP contribution in [0.15, 0.2) is 59.1 Å². The molecular formula is C23H28BrN3O. The van der Waals surface area contributed by atoms with Gasteiger partial charge < -0.3 is 9.80 Å². The van der Waals surface area contributed by atoms with Gasteiger partial charge in [0.2, 0.25) is 5.91 Å². The van der Waals surface area contributed by atoms with Crippen LogP contribution in [0, 0.1) is 5.92 Å². The predicted molar refractivity (Wildman–Crippen MR) is 117 cm³/mol. The van der Waals surface area contributed by atoms with Crippen LogP contribution in [-0.2, 0) is 11.3 Å². The van der Waals surface area contributed by atoms with E-state index in [2.05, 4.69) is 79.2 Å². The Morgan fingerprint density at radius 2 is 1.64 bits per heavy atom. The standard InChI is InChI=1S/C23H28BrN3O/c24-21-10-8-19(9-11-21)17-25-12-4-5-20(18-25)23(28)27-15-13-26(14-16-27)22-6-2-1-3-7-22/h1-3,6-11,20H,4-5,12-18H2. The van der Waals surface area contributed by atoms with Crippen LogP contribution in [0.4, 0.5) is 5.69 Å². The number of carbonyl (C=O) groups excluding carboxylic acids is 1. The van der Waals surface area contributed by atoms with Crippen molar-refractivity contribution < 1.29 is 4.79 Å². The van der Waals surface area contributed by atoms with Gasteiger partial charge in [0.1, 0.15) is 0 Å². The predicted octanol–water partition coefficient (Wildman–Crippen LogP) is 4.01. The molecule has 5 heteroatoms. The molecule has 4 nitrogen and oxygen atoms in total. The highest BCUT2D eigenvalue weighted by atomic mass is 79.9. The third-order valence-electron chi connectivity index (χ3n) is 5.89. The molecule has 148 valence electrons. The Balaban J connectivity index is 1.30. The zero-order valence-corrected chi connectivity index (χ0v) is 17.9. The van der Waals surface area contributed by atoms with Crippen molar-refractivity contribution in [3.05, 3.63) is 64.6 Å². The second-order valence-electron chi connectivity index (χ2n) is 7.85. The molecule has 2 aliphatic heterocycles. The zero-order valence-electron chi connectivity index (χ0n) is 16.3. The van der Waals surface area contributed by atoms with Crippen LogP contribution in [-0.4, -0.2) is 55.0 Å². The average molecular weight is 442 g/mol. The third-order valence-corrected chi connectivity index (χ3v) is 6.42. The van der Waals surface area contributed by atoms with Crippen LogP contribution in [0.25, 0.3) is 0 Å². The first-order valence-corrected chi connectivity index (χ1v) is 11.0. The summed E-state index contributed by atoms with van der Waals surface area (Å²) in [5.41, 5.74) is 2.57. The molecule has 0 N–H and O–H groups in total. The highest BCUT2D eigenvalue weighted by Crippen LogP contribution is 2.23. The molecular weight excluding hydrogens is 414 g/mol. The van der Waals surface area contributed by atoms with Crippen molar-refractivity contribution in [2.45, 2.75) is 19.4 Å². The maximum atomic E-state index is 13.1. The Morgan fingerprint density at radius 1 is 0.929 bits per heavy atom. The van der Waals surface area contributed by atoms with E-state index in [1.807, 2.05) is 6.07 Å². The summed E-state index contributed by atoms with van der Waals surface area (Å²) in [6, 6.07) is 19.0. The van der Waals surface area contributed by atoms with E-state index in [1.165, 1.54) is 11.3 Å². The molecule has 0 radical (unpaired) electrons. The van der Waals surface area contributed by atoms with Gasteiger partial charge in [0.05, 0.1) is 5.92 Å². The molecule has 0 aromatic heterocycles. The number of carbonyl (C=O) groups is 1. The molecule has 1 amide bonds. The maximum absolute atomic E-state index is 13.1. The first-order chi connectivity index (χ1) is 13.7. The van der Waals surface area contributed by atoms with Crippen molar-refractivity contribution >= 4 is 27.5 Å². The van der Waals surface area contributed by atoms with Gasteiger partial charge in [0, 0.05) is 49.4 Å². The quantitative estimate of drug-likeness (QED) is 0.716. The Kier molecular flexibility index (Phi) is 6.33. The number of hydrogen-bond acceptors (Lipinski definition) is 3. The molecule has 2 aromatic rings. The smallest absolute Gasteiger partial charge is 0.227 e. The van der Waals surface area contributed by atoms with E-state index in [-0.39, 0.29) is 5.92 Å². The average Bonchev–Trinajstić information content (AvgIpc) is 2.76. The van der Waals surface area contributed by atoms with Gasteiger partial charge in [-0.1, -0.05) is 46.3 Å². The van der Waals surface area contributed by atoms with Gasteiger partial charge in [-0.05, 0) is 49.2 Å². The van der Waals surface area contributed by atoms with Crippen LogP contribution >= 0.6 is 15.9 Å². The largest absolute Gasteiger partial charge is 0.368 e. The summed E-state index contributed by atoms with van der Waals surface area (Å²) in [6.07, 6.45) is 2.13. The monoisotopic (exact) mass is 441 g/mol. The van der Waals surface area contributed by atoms with Gasteiger partial charge in [0.25, 0.3) is 0 Å². The second kappa shape index (κ2) is 9.10. The van der Waals surface area contributed by atoms with Gasteiger partial charge in [-0.3, -0.25) is 9.69 Å². The van der Waals surface area contributed by atoms with Crippen molar-refractivity contribution in [2.24, 2.45) is 5.92 Å². The second-order valence-corrected chi connectivity index (χ2v) is 8.76. The molecule has 2 fully saturated rings. The Labute approximate surface area is 176 Å². The number of benzene rings is 2. The molecule has 0 spiro atoms. The number of para-hydroxylation sites is 1. The molecule has 0 saturated carbocycles. The summed E-state index contributed by atoms with van der Waals surface area (Å²) < 4.78 is 1.11. The van der Waals surface area contributed by atoms with Crippen LogP contribution in [0.3, 0.4) is 0 Å². The Hall–Kier alpha value is -1.85. The van der Waals surface area contributed by atoms with Crippen molar-refractivity contribution in [1.29, 1.82) is 0 Å². The van der Waals surface area contributed by atoms with E-state index in [9.17, 15) is 4.79 Å². The number of rotatable bonds is 4. The molecule has 28 heavy (non-hydrogen) atoms. The van der Waals surface area contributed by atoms with Crippen molar-refractivity contribution in [3.8, 4) is 0 Å². The highest BCUT2D eigenvalue weighted by molar-refractivity contribution is 9.10. The number of piperidine rings is 1. The highest BCUT2D eigenvalue weighted by Gasteiger charge is 2.31. The molecule has 2 saturated heterocycles. The Morgan fingerprint density at radius 3 is 2.36 bits per heavy atom. The molecule has 0 aliphatic carbocycles. The minimum absolute atomic E-state index is 0.146. The van der Waals surface area contributed by atoms with E-state index in [4.69, 9.17) is 0 Å². The van der Waals surface area contributed by atoms with Gasteiger partial charge >= 0.3 is 0 Å². The zero-order chi connectivity index (χ0) is 19.3. The fourth-order valence-electron chi connectivity index (χ4n) is 4.33. The fraction of sp³-hybridized carbons (Fsp3) is 0.435. The normalized spacial score (nSPS) is 21.0. The lowest BCUT2D eigenvalue weighted by atomic mass is 9.95. The summed E-state index contributed by atoms with van der Waals surface area (Å²) in [4.78, 5) is 20.0. The molecule has 2 heterocycles. The summed E-state index contributed by atoms with van der Waals surface area (Å²) in [5, 5.41) is 0. The van der Waals surface area contributed by atoms with E-state index in [1.54, 1.807) is 0 Å². The lowest BCUT2D eigenvalue weighted by Gasteiger charge is -2.39. The third kappa shape index (κ3) is 4.76. The lowest BCUT2D eigenvalue weighted by molar-refractivity contribution is -0.137. The van der Waals surface area contributed by atoms with Crippen LogP contribution < -0.4 is 4.90 Å². The molecule has 1 atom stereocenters. The number of hydrogen-bond donors (Lipinski definition) is 0. The Bertz CT molecular complexity index is 772. The molecule has 2 aliphatic rings. The van der Waals surface area contributed by atoms with E-state index < -0.39 is 0 Å². The number of amides is 1. The summed E-state index contributed by atoms with van der Waals surface area (Å²) in [7, 11) is 0. The fourth-order valence-corrected chi connectivity index (χ4v) is 4.60. The summed E-state index contributed by atoms with van der Waals surface area (Å²) in [6.45, 7) is 6.40. The number of halogens is 1. The lowest BCUT2D eigenvalue weighted by Crippen LogP contribution is -2.52. The molecule has 2 aromatic carbocycles. The maximum Gasteiger partial charge on any atom is 0.227 e. The van der Waals surface area contributed by atoms with Crippen molar-refractivity contribution in [2.75, 3.05) is 44.2 Å². The van der Waals surface area contributed by atoms with Crippen LogP contribution in [0.1, 0.15) is 18.4 Å². The van der Waals surface area contributed by atoms with Gasteiger partial charge in [-0.25, -0.2) is 0 Å². The van der Waals surface area contributed by atoms with E-state index in [0.29, 0.717) is 5.91 Å². The van der Waals surface area contributed by atoms with Gasteiger partial charge in [-0.15, -0.1) is 0 Å². The van der Waals surface area contributed by atoms with E-state index >= 15 is 0 Å². The van der Waals surface area contributed by atoms with Gasteiger partial charge in [0.15, 0.2) is 0 Å². The SMILES string of the molecule is O=C(C1CCCN(Cc2ccc(Br)cc2)C1)N1CCN(c2ccccc2)CC1. The molecule has 4 rings (SSSR count). The number of likely N-dealkylation sites (tertiary alicyclic amines) is 1. The minimum Gasteiger partial charge on any atom is -0.368 e. The topological polar surface area (TPSA) is 26.8 Å². The first-order valence-electron chi connectivity index (χ1n) is 10.2.